The van der Waals surface area contributed by atoms with Crippen molar-refractivity contribution in [1.29, 1.82) is 0 Å². The molecule has 0 fully saturated rings. The van der Waals surface area contributed by atoms with Gasteiger partial charge < -0.3 is 15.2 Å². The molecule has 2 unspecified atom stereocenters. The largest absolute Gasteiger partial charge is 0.497 e. The monoisotopic (exact) mass is 223 g/mol. The molecule has 90 valence electrons. The van der Waals surface area contributed by atoms with E-state index in [4.69, 9.17) is 15.2 Å². The quantitative estimate of drug-likeness (QED) is 0.832. The van der Waals surface area contributed by atoms with Gasteiger partial charge in [0.2, 0.25) is 0 Å². The van der Waals surface area contributed by atoms with Crippen molar-refractivity contribution in [1.82, 2.24) is 0 Å². The Morgan fingerprint density at radius 3 is 2.62 bits per heavy atom. The molecule has 2 atom stereocenters. The van der Waals surface area contributed by atoms with Crippen molar-refractivity contribution in [3.63, 3.8) is 0 Å². The molecule has 0 spiro atoms. The first-order chi connectivity index (χ1) is 7.52. The van der Waals surface area contributed by atoms with Crippen molar-refractivity contribution in [2.24, 2.45) is 11.7 Å². The summed E-state index contributed by atoms with van der Waals surface area (Å²) in [5.74, 6) is 1.07. The number of benzene rings is 1. The Bertz CT molecular complexity index is 336. The highest BCUT2D eigenvalue weighted by molar-refractivity contribution is 5.33. The smallest absolute Gasteiger partial charge is 0.119 e. The van der Waals surface area contributed by atoms with Crippen LogP contribution in [-0.2, 0) is 10.3 Å². The molecule has 16 heavy (non-hydrogen) atoms. The van der Waals surface area contributed by atoms with E-state index in [9.17, 15) is 0 Å². The second-order valence-electron chi connectivity index (χ2n) is 4.37. The molecule has 1 aromatic carbocycles. The predicted octanol–water partition coefficient (Wildman–Crippen LogP) is 2.15. The summed E-state index contributed by atoms with van der Waals surface area (Å²) in [5.41, 5.74) is 7.01. The number of nitrogens with two attached hydrogens (primary N) is 1. The molecule has 0 saturated heterocycles. The Morgan fingerprint density at radius 2 is 2.06 bits per heavy atom. The van der Waals surface area contributed by atoms with Crippen LogP contribution < -0.4 is 10.5 Å². The van der Waals surface area contributed by atoms with E-state index in [-0.39, 0.29) is 5.92 Å². The normalized spacial score (nSPS) is 16.6. The minimum Gasteiger partial charge on any atom is -0.497 e. The van der Waals surface area contributed by atoms with Crippen LogP contribution in [0.5, 0.6) is 5.75 Å². The summed E-state index contributed by atoms with van der Waals surface area (Å²) < 4.78 is 10.4. The maximum Gasteiger partial charge on any atom is 0.119 e. The van der Waals surface area contributed by atoms with Crippen molar-refractivity contribution >= 4 is 0 Å². The van der Waals surface area contributed by atoms with Gasteiger partial charge in [0.1, 0.15) is 5.75 Å². The van der Waals surface area contributed by atoms with Crippen LogP contribution >= 0.6 is 0 Å². The van der Waals surface area contributed by atoms with Crippen LogP contribution in [0, 0.1) is 5.92 Å². The lowest BCUT2D eigenvalue weighted by Crippen LogP contribution is -2.41. The van der Waals surface area contributed by atoms with Crippen LogP contribution in [0.25, 0.3) is 0 Å². The lowest BCUT2D eigenvalue weighted by atomic mass is 9.82. The van der Waals surface area contributed by atoms with E-state index in [0.29, 0.717) is 6.61 Å². The van der Waals surface area contributed by atoms with Gasteiger partial charge in [-0.1, -0.05) is 19.1 Å². The first-order valence-corrected chi connectivity index (χ1v) is 5.44. The second-order valence-corrected chi connectivity index (χ2v) is 4.37. The second kappa shape index (κ2) is 5.32. The Hall–Kier alpha value is -1.06. The van der Waals surface area contributed by atoms with Gasteiger partial charge in [0.25, 0.3) is 0 Å². The minimum atomic E-state index is -0.412. The molecule has 0 bridgehead atoms. The van der Waals surface area contributed by atoms with Crippen molar-refractivity contribution < 1.29 is 9.47 Å². The Balaban J connectivity index is 2.96. The lowest BCUT2D eigenvalue weighted by Gasteiger charge is -2.32. The third kappa shape index (κ3) is 2.74. The molecule has 2 N–H and O–H groups in total. The molecule has 1 aromatic rings. The average Bonchev–Trinajstić information content (AvgIpc) is 2.29. The molecule has 0 amide bonds. The van der Waals surface area contributed by atoms with E-state index in [1.54, 1.807) is 14.2 Å². The van der Waals surface area contributed by atoms with Crippen molar-refractivity contribution in [2.75, 3.05) is 20.8 Å². The van der Waals surface area contributed by atoms with Gasteiger partial charge in [-0.05, 0) is 24.6 Å². The van der Waals surface area contributed by atoms with Crippen LogP contribution in [0.2, 0.25) is 0 Å². The summed E-state index contributed by atoms with van der Waals surface area (Å²) in [6, 6.07) is 7.88. The zero-order valence-electron chi connectivity index (χ0n) is 10.5. The van der Waals surface area contributed by atoms with E-state index in [2.05, 4.69) is 6.92 Å². The highest BCUT2D eigenvalue weighted by Crippen LogP contribution is 2.29. The van der Waals surface area contributed by atoms with Crippen LogP contribution in [-0.4, -0.2) is 20.8 Å². The van der Waals surface area contributed by atoms with Gasteiger partial charge in [0, 0.05) is 18.6 Å². The minimum absolute atomic E-state index is 0.240. The number of methoxy groups -OCH3 is 2. The summed E-state index contributed by atoms with van der Waals surface area (Å²) in [6.07, 6.45) is 0. The summed E-state index contributed by atoms with van der Waals surface area (Å²) in [5, 5.41) is 0. The number of hydrogen-bond acceptors (Lipinski definition) is 3. The molecule has 3 heteroatoms. The summed E-state index contributed by atoms with van der Waals surface area (Å²) in [7, 11) is 3.35. The topological polar surface area (TPSA) is 44.5 Å². The van der Waals surface area contributed by atoms with Gasteiger partial charge >= 0.3 is 0 Å². The standard InChI is InChI=1S/C13H21NO2/c1-10(9-15-3)13(2,14)11-6-5-7-12(8-11)16-4/h5-8,10H,9,14H2,1-4H3. The lowest BCUT2D eigenvalue weighted by molar-refractivity contribution is 0.120. The number of ether oxygens (including phenoxy) is 2. The molecule has 0 heterocycles. The Labute approximate surface area is 97.6 Å². The maximum atomic E-state index is 6.36. The van der Waals surface area contributed by atoms with Crippen LogP contribution in [0.1, 0.15) is 19.4 Å². The van der Waals surface area contributed by atoms with Crippen LogP contribution in [0.15, 0.2) is 24.3 Å². The number of rotatable bonds is 5. The Kier molecular flexibility index (Phi) is 4.33. The first kappa shape index (κ1) is 13.0. The fraction of sp³-hybridized carbons (Fsp3) is 0.538. The SMILES string of the molecule is COCC(C)C(C)(N)c1cccc(OC)c1. The van der Waals surface area contributed by atoms with Gasteiger partial charge in [-0.25, -0.2) is 0 Å². The molecule has 1 rings (SSSR count). The molecule has 0 saturated carbocycles. The highest BCUT2D eigenvalue weighted by atomic mass is 16.5. The maximum absolute atomic E-state index is 6.36. The molecule has 3 nitrogen and oxygen atoms in total. The molecule has 0 radical (unpaired) electrons. The van der Waals surface area contributed by atoms with Crippen molar-refractivity contribution in [3.05, 3.63) is 29.8 Å². The summed E-state index contributed by atoms with van der Waals surface area (Å²) in [4.78, 5) is 0. The van der Waals surface area contributed by atoms with Crippen LogP contribution in [0.4, 0.5) is 0 Å². The van der Waals surface area contributed by atoms with E-state index < -0.39 is 5.54 Å². The molecule has 0 aliphatic rings. The van der Waals surface area contributed by atoms with E-state index in [1.165, 1.54) is 0 Å². The van der Waals surface area contributed by atoms with Gasteiger partial charge in [-0.3, -0.25) is 0 Å². The molecular formula is C13H21NO2. The molecule has 0 aromatic heterocycles. The molecule has 0 aliphatic heterocycles. The van der Waals surface area contributed by atoms with E-state index in [0.717, 1.165) is 11.3 Å². The summed E-state index contributed by atoms with van der Waals surface area (Å²) >= 11 is 0. The third-order valence-corrected chi connectivity index (χ3v) is 3.13. The third-order valence-electron chi connectivity index (χ3n) is 3.13. The summed E-state index contributed by atoms with van der Waals surface area (Å²) in [6.45, 7) is 4.75. The average molecular weight is 223 g/mol. The first-order valence-electron chi connectivity index (χ1n) is 5.44. The van der Waals surface area contributed by atoms with Gasteiger partial charge in [0.15, 0.2) is 0 Å². The number of hydrogen-bond donors (Lipinski definition) is 1. The zero-order chi connectivity index (χ0) is 12.2. The predicted molar refractivity (Wildman–Crippen MR) is 65.6 cm³/mol. The van der Waals surface area contributed by atoms with Gasteiger partial charge in [-0.15, -0.1) is 0 Å². The fourth-order valence-corrected chi connectivity index (χ4v) is 1.67. The molecule has 0 aliphatic carbocycles. The fourth-order valence-electron chi connectivity index (χ4n) is 1.67. The van der Waals surface area contributed by atoms with E-state index in [1.807, 2.05) is 31.2 Å². The Morgan fingerprint density at radius 1 is 1.38 bits per heavy atom. The van der Waals surface area contributed by atoms with Crippen LogP contribution in [0.3, 0.4) is 0 Å². The van der Waals surface area contributed by atoms with Crippen molar-refractivity contribution in [2.45, 2.75) is 19.4 Å². The highest BCUT2D eigenvalue weighted by Gasteiger charge is 2.28. The van der Waals surface area contributed by atoms with E-state index >= 15 is 0 Å². The zero-order valence-corrected chi connectivity index (χ0v) is 10.5. The van der Waals surface area contributed by atoms with Crippen molar-refractivity contribution in [3.8, 4) is 5.75 Å². The van der Waals surface area contributed by atoms with Gasteiger partial charge in [-0.2, -0.15) is 0 Å². The molecular weight excluding hydrogens is 202 g/mol. The van der Waals surface area contributed by atoms with Gasteiger partial charge in [0.05, 0.1) is 13.7 Å².